The predicted molar refractivity (Wildman–Crippen MR) is 362 cm³/mol. The van der Waals surface area contributed by atoms with Gasteiger partial charge in [0, 0.05) is 43.0 Å². The Morgan fingerprint density at radius 3 is 1.87 bits per heavy atom. The van der Waals surface area contributed by atoms with E-state index < -0.39 is 162 Å². The molecule has 2 unspecified atom stereocenters. The Balaban J connectivity index is 1.85. The minimum Gasteiger partial charge on any atom is -0.370 e. The highest BCUT2D eigenvalue weighted by molar-refractivity contribution is 6.42. The summed E-state index contributed by atoms with van der Waals surface area (Å²) in [5, 5.41) is 28.1. The Bertz CT molecular complexity index is 3250. The molecule has 10 atom stereocenters. The van der Waals surface area contributed by atoms with E-state index >= 15 is 4.79 Å². The maximum Gasteiger partial charge on any atom is 0.243 e. The zero-order valence-electron chi connectivity index (χ0n) is 57.2. The molecule has 0 aliphatic carbocycles. The van der Waals surface area contributed by atoms with Gasteiger partial charge in [0.15, 0.2) is 5.96 Å². The molecule has 1 aromatic carbocycles. The van der Waals surface area contributed by atoms with Crippen molar-refractivity contribution in [3.63, 3.8) is 0 Å². The fraction of sp³-hybridized carbons (Fsp3) is 0.625. The van der Waals surface area contributed by atoms with Crippen LogP contribution < -0.4 is 88.0 Å². The first-order valence-electron chi connectivity index (χ1n) is 33.4. The topological polar surface area (TPSA) is 557 Å². The Labute approximate surface area is 569 Å². The molecule has 0 saturated carbocycles. The number of aryl methyl sites for hydroxylation is 2. The molecule has 3 heterocycles. The number of nitrogens with zero attached hydrogens (tertiary/aromatic N) is 4. The molecule has 34 nitrogen and oxygen atoms in total. The third-order valence-electron chi connectivity index (χ3n) is 16.4. The number of primary amides is 3. The fourth-order valence-corrected chi connectivity index (χ4v) is 11.3. The van der Waals surface area contributed by atoms with Crippen molar-refractivity contribution < 1.29 is 62.3 Å². The highest BCUT2D eigenvalue weighted by Crippen LogP contribution is 2.21. The van der Waals surface area contributed by atoms with Crippen LogP contribution in [0.25, 0.3) is 10.9 Å². The van der Waals surface area contributed by atoms with Crippen molar-refractivity contribution in [3.8, 4) is 0 Å². The van der Waals surface area contributed by atoms with Gasteiger partial charge in [-0.25, -0.2) is 21.0 Å². The number of hydrazine groups is 2. The van der Waals surface area contributed by atoms with E-state index in [-0.39, 0.29) is 88.0 Å². The van der Waals surface area contributed by atoms with Crippen LogP contribution in [0, 0.1) is 17.8 Å². The summed E-state index contributed by atoms with van der Waals surface area (Å²) in [4.78, 5) is 188. The first-order chi connectivity index (χ1) is 46.4. The number of para-hydroxylation sites is 1. The maximum atomic E-state index is 15.1. The van der Waals surface area contributed by atoms with Gasteiger partial charge < -0.3 is 70.9 Å². The molecule has 1 aliphatic rings. The zero-order chi connectivity index (χ0) is 72.8. The lowest BCUT2D eigenvalue weighted by Crippen LogP contribution is -2.61. The number of carbonyl (C=O) groups is 13. The molecule has 542 valence electrons. The maximum absolute atomic E-state index is 15.1. The first kappa shape index (κ1) is 81.3. The number of ketones is 4. The molecule has 1 aliphatic heterocycles. The summed E-state index contributed by atoms with van der Waals surface area (Å²) in [6.07, 6.45) is 3.86. The summed E-state index contributed by atoms with van der Waals surface area (Å²) in [6.45, 7) is 11.0. The van der Waals surface area contributed by atoms with E-state index in [0.717, 1.165) is 0 Å². The molecule has 23 N–H and O–H groups in total. The van der Waals surface area contributed by atoms with E-state index in [4.69, 9.17) is 34.5 Å². The van der Waals surface area contributed by atoms with Crippen molar-refractivity contribution in [1.82, 2.24) is 73.5 Å². The third-order valence-corrected chi connectivity index (χ3v) is 16.4. The van der Waals surface area contributed by atoms with Gasteiger partial charge in [-0.05, 0) is 107 Å². The molecule has 0 spiro atoms. The number of nitrogens with two attached hydrogens (primary N) is 6. The average Bonchev–Trinajstić information content (AvgIpc) is 1.66. The molecule has 0 fully saturated rings. The number of hydrogen-bond acceptors (Lipinski definition) is 21. The van der Waals surface area contributed by atoms with Gasteiger partial charge in [-0.2, -0.15) is 0 Å². The number of carbonyl (C=O) groups excluding carboxylic acids is 13. The highest BCUT2D eigenvalue weighted by atomic mass is 16.2. The van der Waals surface area contributed by atoms with Gasteiger partial charge in [-0.3, -0.25) is 73.2 Å². The van der Waals surface area contributed by atoms with Crippen LogP contribution in [0.3, 0.4) is 0 Å². The van der Waals surface area contributed by atoms with Gasteiger partial charge in [0.05, 0.1) is 61.0 Å². The Morgan fingerprint density at radius 2 is 1.22 bits per heavy atom. The molecule has 34 heteroatoms. The van der Waals surface area contributed by atoms with Crippen LogP contribution in [0.15, 0.2) is 41.7 Å². The molecule has 3 aromatic rings. The quantitative estimate of drug-likeness (QED) is 0.00947. The molecule has 98 heavy (non-hydrogen) atoms. The van der Waals surface area contributed by atoms with Crippen LogP contribution in [0.1, 0.15) is 156 Å². The van der Waals surface area contributed by atoms with Crippen LogP contribution in [0.5, 0.6) is 0 Å². The van der Waals surface area contributed by atoms with Gasteiger partial charge in [0.25, 0.3) is 0 Å². The molecule has 4 rings (SSSR count). The third kappa shape index (κ3) is 27.4. The SMILES string of the molecule is CN[C@@H]1CCCCCCn2nncc2CCC[C@@H](C(=O)N[C@@H](CCC(N)=O)C(=O)C(=O)[C@H](CC(N)=O)NN)NN[C@H](CC(C)C)C(=O)C(=O)[C@H](CC(C)C)NC(=O)C(CCCN=C(N)N)NC(=O)[C@H](Cc2c[nH]c3ccccc23)NC(=O)C(CC(C)C)NC(=O)[C@H](CC(N)=O)NC1=O. The molecule has 0 bridgehead atoms. The second-order valence-corrected chi connectivity index (χ2v) is 26.1. The van der Waals surface area contributed by atoms with E-state index in [9.17, 15) is 57.5 Å². The summed E-state index contributed by atoms with van der Waals surface area (Å²) in [5.74, 6) is -8.01. The monoisotopic (exact) mass is 1370 g/mol. The van der Waals surface area contributed by atoms with Crippen LogP contribution in [0.2, 0.25) is 0 Å². The first-order valence-corrected chi connectivity index (χ1v) is 33.4. The summed E-state index contributed by atoms with van der Waals surface area (Å²) in [7, 11) is 1.57. The van der Waals surface area contributed by atoms with Crippen LogP contribution in [-0.2, 0) is 81.7 Å². The zero-order valence-corrected chi connectivity index (χ0v) is 57.2. The number of Topliss-reactive ketones (excluding diaryl/α,β-unsaturated/α-hetero) is 4. The second-order valence-electron chi connectivity index (χ2n) is 26.1. The molecule has 0 saturated heterocycles. The normalized spacial score (nSPS) is 22.1. The molecule has 0 radical (unpaired) electrons. The van der Waals surface area contributed by atoms with Crippen molar-refractivity contribution >= 4 is 93.2 Å². The summed E-state index contributed by atoms with van der Waals surface area (Å²) in [6, 6.07) is -7.07. The number of hydrogen-bond donors (Lipinski definition) is 17. The largest absolute Gasteiger partial charge is 0.370 e. The second kappa shape index (κ2) is 41.2. The van der Waals surface area contributed by atoms with Crippen molar-refractivity contribution in [2.24, 2.45) is 57.3 Å². The summed E-state index contributed by atoms with van der Waals surface area (Å²) >= 11 is 0. The van der Waals surface area contributed by atoms with E-state index in [1.54, 1.807) is 83.9 Å². The highest BCUT2D eigenvalue weighted by Gasteiger charge is 2.39. The Morgan fingerprint density at radius 1 is 0.643 bits per heavy atom. The van der Waals surface area contributed by atoms with Crippen LogP contribution in [-0.4, -0.2) is 176 Å². The lowest BCUT2D eigenvalue weighted by Gasteiger charge is -2.29. The number of amides is 9. The molecular weight excluding hydrogens is 1270 g/mol. The number of nitrogens with one attached hydrogen (secondary N) is 11. The van der Waals surface area contributed by atoms with Crippen molar-refractivity contribution in [2.75, 3.05) is 13.6 Å². The molecule has 2 aromatic heterocycles. The van der Waals surface area contributed by atoms with Crippen molar-refractivity contribution in [2.45, 2.75) is 224 Å². The standard InChI is InChI=1S/C64H103N21O13/c1-34(2)26-45-55(90)57(92)47(27-35(3)4)83-82-44(60(95)75-41(22-23-51(65)86)54(89)56(91)46(81-70)30-52(66)87)20-14-16-38-33-74-84-85(38)25-13-9-8-10-19-42(71-7)58(93)80-50(31-53(67)88)63(98)78-48(28-36(5)6)61(96)79-49(29-37-32-73-40-18-12-11-17-39(37)40)62(97)76-43(59(94)77-45)21-15-24-72-64(68)69/h11-12,17-18,32-36,41-50,71,73,81-83H,8-10,13-16,19-31,70H2,1-7H3,(H2,65,86)(H2,66,87)(H2,67,88)(H,75,95)(H,76,97)(H,77,94)(H,78,98)(H,79,96)(H,80,93)(H4,68,69,72)/t41-,42+,43?,44-,45-,46-,47+,48?,49-,50-/m0/s1. The number of rotatable bonds is 26. The smallest absolute Gasteiger partial charge is 0.243 e. The number of H-pyrrole nitrogens is 1. The molecule has 9 amide bonds. The number of fused-ring (bicyclic) bond motifs is 2. The van der Waals surface area contributed by atoms with E-state index in [1.165, 1.54) is 0 Å². The minimum atomic E-state index is -1.69. The Hall–Kier alpha value is -9.12. The van der Waals surface area contributed by atoms with E-state index in [0.29, 0.717) is 60.8 Å². The minimum absolute atomic E-state index is 0.00864. The van der Waals surface area contributed by atoms with E-state index in [1.807, 2.05) is 6.07 Å². The van der Waals surface area contributed by atoms with E-state index in [2.05, 4.69) is 73.8 Å². The number of aromatic nitrogens is 4. The number of guanidine groups is 1. The van der Waals surface area contributed by atoms with Crippen LogP contribution in [0.4, 0.5) is 0 Å². The Kier molecular flexibility index (Phi) is 34.2. The average molecular weight is 1370 g/mol. The fourth-order valence-electron chi connectivity index (χ4n) is 11.3. The summed E-state index contributed by atoms with van der Waals surface area (Å²) in [5.41, 5.74) is 37.5. The molecular formula is C64H103N21O13. The number of benzene rings is 1. The van der Waals surface area contributed by atoms with Crippen LogP contribution >= 0.6 is 0 Å². The number of aliphatic imine (C=N–C) groups is 1. The summed E-state index contributed by atoms with van der Waals surface area (Å²) < 4.78 is 1.69. The van der Waals surface area contributed by atoms with Crippen molar-refractivity contribution in [3.05, 3.63) is 47.9 Å². The lowest BCUT2D eigenvalue weighted by molar-refractivity contribution is -0.141. The number of likely N-dealkylation sites (N-methyl/N-ethyl adjacent to an activating group) is 1. The van der Waals surface area contributed by atoms with Gasteiger partial charge in [-0.15, -0.1) is 5.10 Å². The number of aromatic amines is 1. The van der Waals surface area contributed by atoms with Gasteiger partial charge in [-0.1, -0.05) is 84.2 Å². The van der Waals surface area contributed by atoms with Crippen molar-refractivity contribution in [1.29, 1.82) is 0 Å². The van der Waals surface area contributed by atoms with Gasteiger partial charge in [0.1, 0.15) is 24.2 Å². The predicted octanol–water partition coefficient (Wildman–Crippen LogP) is -3.07. The lowest BCUT2D eigenvalue weighted by atomic mass is 9.92. The van der Waals surface area contributed by atoms with Gasteiger partial charge in [0.2, 0.25) is 76.3 Å². The van der Waals surface area contributed by atoms with Gasteiger partial charge >= 0.3 is 0 Å².